The van der Waals surface area contributed by atoms with Gasteiger partial charge in [0.1, 0.15) is 17.5 Å². The van der Waals surface area contributed by atoms with Crippen LogP contribution in [0.15, 0.2) is 91.5 Å². The van der Waals surface area contributed by atoms with E-state index in [4.69, 9.17) is 4.74 Å². The van der Waals surface area contributed by atoms with Gasteiger partial charge in [-0.3, -0.25) is 4.79 Å². The summed E-state index contributed by atoms with van der Waals surface area (Å²) in [5, 5.41) is 8.85. The number of benzene rings is 3. The minimum absolute atomic E-state index is 0.0126. The summed E-state index contributed by atoms with van der Waals surface area (Å²) in [6.45, 7) is 2.45. The standard InChI is InChI=1S/C30H28N6O2/c1-21-17-34(20-31-21)27-14-13-24(16-29(27)38-2)25-19-36(33-32-25)28-15-12-23-10-6-7-11-26(23)35(30(28)37)18-22-8-4-3-5-9-22/h3-11,13-14,16-17,19-20,28H,12,15,18H2,1-2H3. The van der Waals surface area contributed by atoms with Crippen LogP contribution in [0, 0.1) is 6.92 Å². The molecular weight excluding hydrogens is 476 g/mol. The van der Waals surface area contributed by atoms with Crippen molar-refractivity contribution < 1.29 is 9.53 Å². The van der Waals surface area contributed by atoms with Gasteiger partial charge in [0.2, 0.25) is 0 Å². The van der Waals surface area contributed by atoms with Crippen LogP contribution in [-0.4, -0.2) is 37.6 Å². The fourth-order valence-electron chi connectivity index (χ4n) is 5.04. The van der Waals surface area contributed by atoms with E-state index in [1.807, 2.05) is 95.5 Å². The number of carbonyl (C=O) groups excluding carboxylic acids is 1. The molecule has 1 aliphatic rings. The Labute approximate surface area is 221 Å². The predicted octanol–water partition coefficient (Wildman–Crippen LogP) is 5.17. The third-order valence-electron chi connectivity index (χ3n) is 7.00. The zero-order chi connectivity index (χ0) is 26.1. The highest BCUT2D eigenvalue weighted by atomic mass is 16.5. The summed E-state index contributed by atoms with van der Waals surface area (Å²) in [6, 6.07) is 23.7. The molecule has 38 heavy (non-hydrogen) atoms. The van der Waals surface area contributed by atoms with Crippen LogP contribution in [0.5, 0.6) is 5.75 Å². The van der Waals surface area contributed by atoms with Gasteiger partial charge in [0.05, 0.1) is 37.6 Å². The highest BCUT2D eigenvalue weighted by Crippen LogP contribution is 2.34. The quantitative estimate of drug-likeness (QED) is 0.319. The maximum Gasteiger partial charge on any atom is 0.252 e. The first-order valence-electron chi connectivity index (χ1n) is 12.6. The van der Waals surface area contributed by atoms with Crippen LogP contribution in [0.3, 0.4) is 0 Å². The third-order valence-corrected chi connectivity index (χ3v) is 7.00. The van der Waals surface area contributed by atoms with E-state index in [2.05, 4.69) is 21.4 Å². The molecule has 1 unspecified atom stereocenters. The number of aromatic nitrogens is 5. The van der Waals surface area contributed by atoms with Gasteiger partial charge in [0, 0.05) is 17.4 Å². The molecule has 3 heterocycles. The summed E-state index contributed by atoms with van der Waals surface area (Å²) < 4.78 is 9.31. The molecule has 0 bridgehead atoms. The van der Waals surface area contributed by atoms with Gasteiger partial charge >= 0.3 is 0 Å². The Morgan fingerprint density at radius 1 is 0.974 bits per heavy atom. The van der Waals surface area contributed by atoms with E-state index >= 15 is 0 Å². The van der Waals surface area contributed by atoms with Gasteiger partial charge in [0.25, 0.3) is 5.91 Å². The first-order chi connectivity index (χ1) is 18.6. The van der Waals surface area contributed by atoms with Gasteiger partial charge in [-0.25, -0.2) is 9.67 Å². The molecule has 2 aromatic heterocycles. The van der Waals surface area contributed by atoms with Crippen molar-refractivity contribution in [2.75, 3.05) is 12.0 Å². The molecule has 190 valence electrons. The number of carbonyl (C=O) groups is 1. The molecule has 0 aliphatic carbocycles. The number of nitrogens with zero attached hydrogens (tertiary/aromatic N) is 6. The number of hydrogen-bond acceptors (Lipinski definition) is 5. The second-order valence-corrected chi connectivity index (χ2v) is 9.49. The number of ether oxygens (including phenoxy) is 1. The first kappa shape index (κ1) is 23.7. The van der Waals surface area contributed by atoms with E-state index in [-0.39, 0.29) is 5.91 Å². The van der Waals surface area contributed by atoms with Gasteiger partial charge in [0.15, 0.2) is 0 Å². The number of aryl methyl sites for hydroxylation is 2. The monoisotopic (exact) mass is 504 g/mol. The number of methoxy groups -OCH3 is 1. The average molecular weight is 505 g/mol. The lowest BCUT2D eigenvalue weighted by Gasteiger charge is -2.26. The summed E-state index contributed by atoms with van der Waals surface area (Å²) in [6.07, 6.45) is 6.99. The number of rotatable bonds is 6. The topological polar surface area (TPSA) is 78.1 Å². The van der Waals surface area contributed by atoms with Crippen molar-refractivity contribution in [1.82, 2.24) is 24.5 Å². The molecule has 6 rings (SSSR count). The highest BCUT2D eigenvalue weighted by Gasteiger charge is 2.32. The molecule has 5 aromatic rings. The smallest absolute Gasteiger partial charge is 0.252 e. The zero-order valence-corrected chi connectivity index (χ0v) is 21.4. The van der Waals surface area contributed by atoms with Crippen LogP contribution >= 0.6 is 0 Å². The van der Waals surface area contributed by atoms with E-state index in [0.29, 0.717) is 24.4 Å². The maximum absolute atomic E-state index is 14.0. The summed E-state index contributed by atoms with van der Waals surface area (Å²) in [5.41, 5.74) is 6.55. The summed E-state index contributed by atoms with van der Waals surface area (Å²) in [7, 11) is 1.65. The number of para-hydroxylation sites is 1. The molecule has 1 amide bonds. The van der Waals surface area contributed by atoms with Gasteiger partial charge in [-0.1, -0.05) is 59.8 Å². The van der Waals surface area contributed by atoms with Gasteiger partial charge in [-0.05, 0) is 49.1 Å². The van der Waals surface area contributed by atoms with Crippen LogP contribution in [0.25, 0.3) is 16.9 Å². The molecule has 1 atom stereocenters. The number of amides is 1. The average Bonchev–Trinajstić information content (AvgIpc) is 3.59. The minimum Gasteiger partial charge on any atom is -0.495 e. The van der Waals surface area contributed by atoms with Gasteiger partial charge < -0.3 is 14.2 Å². The Bertz CT molecular complexity index is 1590. The lowest BCUT2D eigenvalue weighted by atomic mass is 10.1. The second-order valence-electron chi connectivity index (χ2n) is 9.49. The Kier molecular flexibility index (Phi) is 6.21. The molecular formula is C30H28N6O2. The zero-order valence-electron chi connectivity index (χ0n) is 21.4. The fourth-order valence-corrected chi connectivity index (χ4v) is 5.04. The third kappa shape index (κ3) is 4.45. The largest absolute Gasteiger partial charge is 0.495 e. The predicted molar refractivity (Wildman–Crippen MR) is 145 cm³/mol. The molecule has 0 saturated heterocycles. The molecule has 0 fully saturated rings. The second kappa shape index (κ2) is 9.97. The van der Waals surface area contributed by atoms with Crippen molar-refractivity contribution in [3.8, 4) is 22.7 Å². The highest BCUT2D eigenvalue weighted by molar-refractivity contribution is 5.97. The normalized spacial score (nSPS) is 15.3. The van der Waals surface area contributed by atoms with Crippen molar-refractivity contribution >= 4 is 11.6 Å². The number of imidazole rings is 1. The van der Waals surface area contributed by atoms with E-state index in [1.165, 1.54) is 0 Å². The number of anilines is 1. The summed E-state index contributed by atoms with van der Waals surface area (Å²) in [5.74, 6) is 0.711. The Morgan fingerprint density at radius 2 is 1.79 bits per heavy atom. The maximum atomic E-state index is 14.0. The SMILES string of the molecule is COc1cc(-c2cn(C3CCc4ccccc4N(Cc4ccccc4)C3=O)nn2)ccc1-n1cnc(C)c1. The van der Waals surface area contributed by atoms with Crippen molar-refractivity contribution in [2.45, 2.75) is 32.4 Å². The Balaban J connectivity index is 1.31. The molecule has 0 saturated carbocycles. The number of fused-ring (bicyclic) bond motifs is 1. The molecule has 1 aliphatic heterocycles. The van der Waals surface area contributed by atoms with Crippen molar-refractivity contribution in [2.24, 2.45) is 0 Å². The molecule has 0 radical (unpaired) electrons. The Morgan fingerprint density at radius 3 is 2.58 bits per heavy atom. The minimum atomic E-state index is -0.456. The van der Waals surface area contributed by atoms with Crippen LogP contribution in [0.2, 0.25) is 0 Å². The summed E-state index contributed by atoms with van der Waals surface area (Å²) >= 11 is 0. The molecule has 3 aromatic carbocycles. The first-order valence-corrected chi connectivity index (χ1v) is 12.6. The van der Waals surface area contributed by atoms with Gasteiger partial charge in [-0.2, -0.15) is 0 Å². The van der Waals surface area contributed by atoms with Crippen LogP contribution < -0.4 is 9.64 Å². The molecule has 0 spiro atoms. The van der Waals surface area contributed by atoms with Crippen LogP contribution in [0.1, 0.15) is 29.3 Å². The van der Waals surface area contributed by atoms with Crippen molar-refractivity contribution in [3.63, 3.8) is 0 Å². The Hall–Kier alpha value is -4.72. The molecule has 8 nitrogen and oxygen atoms in total. The molecule has 0 N–H and O–H groups in total. The van der Waals surface area contributed by atoms with E-state index in [9.17, 15) is 4.79 Å². The van der Waals surface area contributed by atoms with E-state index < -0.39 is 6.04 Å². The fraction of sp³-hybridized carbons (Fsp3) is 0.200. The molecule has 8 heteroatoms. The van der Waals surface area contributed by atoms with Crippen LogP contribution in [-0.2, 0) is 17.8 Å². The summed E-state index contributed by atoms with van der Waals surface area (Å²) in [4.78, 5) is 20.2. The van der Waals surface area contributed by atoms with Crippen LogP contribution in [0.4, 0.5) is 5.69 Å². The number of hydrogen-bond donors (Lipinski definition) is 0. The van der Waals surface area contributed by atoms with E-state index in [0.717, 1.165) is 40.2 Å². The van der Waals surface area contributed by atoms with Crippen molar-refractivity contribution in [3.05, 3.63) is 108 Å². The lowest BCUT2D eigenvalue weighted by Crippen LogP contribution is -2.36. The van der Waals surface area contributed by atoms with Gasteiger partial charge in [-0.15, -0.1) is 5.10 Å². The lowest BCUT2D eigenvalue weighted by molar-refractivity contribution is -0.122. The van der Waals surface area contributed by atoms with Crippen molar-refractivity contribution in [1.29, 1.82) is 0 Å². The van der Waals surface area contributed by atoms with E-state index in [1.54, 1.807) is 18.1 Å².